The van der Waals surface area contributed by atoms with Gasteiger partial charge in [-0.15, -0.1) is 0 Å². The van der Waals surface area contributed by atoms with Crippen LogP contribution >= 0.6 is 0 Å². The zero-order chi connectivity index (χ0) is 33.2. The van der Waals surface area contributed by atoms with E-state index in [4.69, 9.17) is 14.2 Å². The molecule has 0 radical (unpaired) electrons. The van der Waals surface area contributed by atoms with Crippen molar-refractivity contribution < 1.29 is 19.0 Å². The van der Waals surface area contributed by atoms with Gasteiger partial charge in [0.1, 0.15) is 5.82 Å². The van der Waals surface area contributed by atoms with Crippen molar-refractivity contribution in [2.75, 3.05) is 70.7 Å². The third-order valence-electron chi connectivity index (χ3n) is 8.56. The first kappa shape index (κ1) is 33.6. The van der Waals surface area contributed by atoms with Gasteiger partial charge >= 0.3 is 6.09 Å². The molecule has 0 bridgehead atoms. The Bertz CT molecular complexity index is 1640. The maximum Gasteiger partial charge on any atom is 0.412 e. The molecule has 248 valence electrons. The summed E-state index contributed by atoms with van der Waals surface area (Å²) in [5, 5.41) is 5.82. The van der Waals surface area contributed by atoms with E-state index in [1.165, 1.54) is 16.7 Å². The van der Waals surface area contributed by atoms with Gasteiger partial charge < -0.3 is 29.3 Å². The lowest BCUT2D eigenvalue weighted by atomic mass is 9.96. The fourth-order valence-corrected chi connectivity index (χ4v) is 5.39. The van der Waals surface area contributed by atoms with Crippen LogP contribution in [0.1, 0.15) is 28.7 Å². The van der Waals surface area contributed by atoms with Gasteiger partial charge in [0, 0.05) is 68.9 Å². The molecule has 2 N–H and O–H groups in total. The van der Waals surface area contributed by atoms with Crippen LogP contribution in [0.5, 0.6) is 11.5 Å². The molecular weight excluding hydrogens is 594 g/mol. The summed E-state index contributed by atoms with van der Waals surface area (Å²) >= 11 is 0. The van der Waals surface area contributed by atoms with Crippen molar-refractivity contribution in [3.05, 3.63) is 83.2 Å². The zero-order valence-electron chi connectivity index (χ0n) is 28.0. The number of ether oxygens (including phenoxy) is 3. The summed E-state index contributed by atoms with van der Waals surface area (Å²) in [4.78, 5) is 30.6. The number of likely N-dealkylation sites (N-methyl/N-ethyl adjacent to an activating group) is 1. The Kier molecular flexibility index (Phi) is 11.6. The maximum absolute atomic E-state index is 12.5. The van der Waals surface area contributed by atoms with E-state index in [0.29, 0.717) is 36.3 Å². The molecule has 1 amide bonds. The van der Waals surface area contributed by atoms with Crippen LogP contribution in [0.4, 0.5) is 22.2 Å². The number of amides is 1. The lowest BCUT2D eigenvalue weighted by molar-refractivity contribution is 0.145. The number of aryl methyl sites for hydroxylation is 1. The highest BCUT2D eigenvalue weighted by Crippen LogP contribution is 2.31. The minimum atomic E-state index is -0.597. The summed E-state index contributed by atoms with van der Waals surface area (Å²) in [6, 6.07) is 15.4. The summed E-state index contributed by atoms with van der Waals surface area (Å²) in [6.07, 6.45) is 4.28. The van der Waals surface area contributed by atoms with E-state index in [0.717, 1.165) is 61.7 Å². The summed E-state index contributed by atoms with van der Waals surface area (Å²) in [6.45, 7) is 12.6. The lowest BCUT2D eigenvalue weighted by Gasteiger charge is -2.32. The van der Waals surface area contributed by atoms with Crippen LogP contribution in [0.15, 0.2) is 60.9 Å². The van der Waals surface area contributed by atoms with Gasteiger partial charge in [-0.2, -0.15) is 4.98 Å². The lowest BCUT2D eigenvalue weighted by Crippen LogP contribution is -2.44. The van der Waals surface area contributed by atoms with Crippen molar-refractivity contribution >= 4 is 23.5 Å². The Morgan fingerprint density at radius 2 is 1.74 bits per heavy atom. The number of methoxy groups -OCH3 is 1. The largest absolute Gasteiger partial charge is 0.493 e. The van der Waals surface area contributed by atoms with Gasteiger partial charge in [-0.05, 0) is 80.8 Å². The van der Waals surface area contributed by atoms with Gasteiger partial charge in [-0.1, -0.05) is 18.2 Å². The van der Waals surface area contributed by atoms with Crippen LogP contribution in [-0.4, -0.2) is 90.9 Å². The third-order valence-corrected chi connectivity index (χ3v) is 8.56. The summed E-state index contributed by atoms with van der Waals surface area (Å²) < 4.78 is 17.0. The Balaban J connectivity index is 1.07. The fourth-order valence-electron chi connectivity index (χ4n) is 5.39. The summed E-state index contributed by atoms with van der Waals surface area (Å²) in [5.74, 6) is 1.92. The topological polar surface area (TPSA) is 114 Å². The number of hydrogen-bond donors (Lipinski definition) is 2. The number of hydrogen-bond acceptors (Lipinski definition) is 10. The number of piperazine rings is 1. The standard InChI is InChI=1S/C36H45N7O4/c1-25-7-10-30(27(3)26(25)2)31-11-8-28(24-38-31)14-22-47-36(44)41-34-13-15-37-35(40-34)39-29-9-12-32(33(23-29)45-5)46-21-6-16-43-19-17-42(4)18-20-43/h7-13,15,23-24H,6,14,16-22H2,1-5H3,(H2,37,39,40,41,44). The van der Waals surface area contributed by atoms with Crippen LogP contribution < -0.4 is 20.1 Å². The number of nitrogens with one attached hydrogen (secondary N) is 2. The van der Waals surface area contributed by atoms with Crippen molar-refractivity contribution in [2.45, 2.75) is 33.6 Å². The zero-order valence-corrected chi connectivity index (χ0v) is 28.0. The Morgan fingerprint density at radius 1 is 0.915 bits per heavy atom. The number of carbonyl (C=O) groups is 1. The van der Waals surface area contributed by atoms with E-state index in [-0.39, 0.29) is 6.61 Å². The van der Waals surface area contributed by atoms with Gasteiger partial charge in [0.25, 0.3) is 0 Å². The Hall–Kier alpha value is -4.74. The van der Waals surface area contributed by atoms with E-state index < -0.39 is 6.09 Å². The van der Waals surface area contributed by atoms with Crippen LogP contribution in [0.2, 0.25) is 0 Å². The maximum atomic E-state index is 12.5. The number of anilines is 3. The average molecular weight is 640 g/mol. The summed E-state index contributed by atoms with van der Waals surface area (Å²) in [7, 11) is 3.78. The molecule has 11 nitrogen and oxygen atoms in total. The predicted octanol–water partition coefficient (Wildman–Crippen LogP) is 6.02. The Labute approximate surface area is 277 Å². The summed E-state index contributed by atoms with van der Waals surface area (Å²) in [5.41, 5.74) is 7.54. The molecule has 11 heteroatoms. The van der Waals surface area contributed by atoms with Crippen LogP contribution in [0.25, 0.3) is 11.3 Å². The van der Waals surface area contributed by atoms with Gasteiger partial charge in [0.05, 0.1) is 26.0 Å². The van der Waals surface area contributed by atoms with Gasteiger partial charge in [-0.3, -0.25) is 10.3 Å². The molecule has 4 aromatic rings. The molecule has 3 heterocycles. The van der Waals surface area contributed by atoms with E-state index in [9.17, 15) is 4.79 Å². The molecule has 47 heavy (non-hydrogen) atoms. The monoisotopic (exact) mass is 639 g/mol. The van der Waals surface area contributed by atoms with Crippen LogP contribution in [0.3, 0.4) is 0 Å². The molecule has 0 saturated carbocycles. The minimum Gasteiger partial charge on any atom is -0.493 e. The second-order valence-electron chi connectivity index (χ2n) is 11.8. The third kappa shape index (κ3) is 9.40. The van der Waals surface area contributed by atoms with Gasteiger partial charge in [-0.25, -0.2) is 9.78 Å². The highest BCUT2D eigenvalue weighted by atomic mass is 16.5. The first-order valence-corrected chi connectivity index (χ1v) is 16.1. The SMILES string of the molecule is COc1cc(Nc2nccc(NC(=O)OCCc3ccc(-c4ccc(C)c(C)c4C)nc3)n2)ccc1OCCCN1CCN(C)CC1. The molecule has 1 saturated heterocycles. The predicted molar refractivity (Wildman–Crippen MR) is 185 cm³/mol. The van der Waals surface area contributed by atoms with E-state index in [1.807, 2.05) is 36.5 Å². The molecule has 0 unspecified atom stereocenters. The first-order valence-electron chi connectivity index (χ1n) is 16.1. The molecule has 2 aromatic carbocycles. The fraction of sp³-hybridized carbons (Fsp3) is 0.389. The molecule has 2 aromatic heterocycles. The van der Waals surface area contributed by atoms with E-state index in [2.05, 4.69) is 75.3 Å². The van der Waals surface area contributed by atoms with Crippen molar-refractivity contribution in [3.63, 3.8) is 0 Å². The van der Waals surface area contributed by atoms with Crippen molar-refractivity contribution in [1.29, 1.82) is 0 Å². The second-order valence-corrected chi connectivity index (χ2v) is 11.8. The molecular formula is C36H45N7O4. The number of aromatic nitrogens is 3. The van der Waals surface area contributed by atoms with Crippen LogP contribution in [-0.2, 0) is 11.2 Å². The molecule has 5 rings (SSSR count). The number of pyridine rings is 1. The van der Waals surface area contributed by atoms with Gasteiger partial charge in [0.2, 0.25) is 5.95 Å². The molecule has 1 aliphatic heterocycles. The normalized spacial score (nSPS) is 13.6. The highest BCUT2D eigenvalue weighted by Gasteiger charge is 2.14. The number of nitrogens with zero attached hydrogens (tertiary/aromatic N) is 5. The Morgan fingerprint density at radius 3 is 2.51 bits per heavy atom. The molecule has 1 aliphatic rings. The quantitative estimate of drug-likeness (QED) is 0.168. The average Bonchev–Trinajstić information content (AvgIpc) is 3.07. The van der Waals surface area contributed by atoms with E-state index in [1.54, 1.807) is 19.4 Å². The van der Waals surface area contributed by atoms with E-state index >= 15 is 0 Å². The highest BCUT2D eigenvalue weighted by molar-refractivity contribution is 5.83. The number of carbonyl (C=O) groups excluding carboxylic acids is 1. The minimum absolute atomic E-state index is 0.204. The van der Waals surface area contributed by atoms with Crippen molar-refractivity contribution in [2.24, 2.45) is 0 Å². The molecule has 0 spiro atoms. The number of benzene rings is 2. The molecule has 0 atom stereocenters. The second kappa shape index (κ2) is 16.2. The van der Waals surface area contributed by atoms with Gasteiger partial charge in [0.15, 0.2) is 11.5 Å². The smallest absolute Gasteiger partial charge is 0.412 e. The molecule has 0 aliphatic carbocycles. The van der Waals surface area contributed by atoms with Crippen molar-refractivity contribution in [3.8, 4) is 22.8 Å². The van der Waals surface area contributed by atoms with Crippen molar-refractivity contribution in [1.82, 2.24) is 24.8 Å². The molecule has 1 fully saturated rings. The first-order chi connectivity index (χ1) is 22.8. The number of rotatable bonds is 13. The van der Waals surface area contributed by atoms with Crippen LogP contribution in [0, 0.1) is 20.8 Å².